The first-order chi connectivity index (χ1) is 9.08. The maximum absolute atomic E-state index is 11.8. The Morgan fingerprint density at radius 2 is 2.00 bits per heavy atom. The normalized spacial score (nSPS) is 14.5. The van der Waals surface area contributed by atoms with Crippen LogP contribution >= 0.6 is 11.6 Å². The number of hydrogen-bond donors (Lipinski definition) is 0. The summed E-state index contributed by atoms with van der Waals surface area (Å²) in [6, 6.07) is 4.82. The number of likely N-dealkylation sites (tertiary alicyclic amines) is 1. The van der Waals surface area contributed by atoms with Crippen molar-refractivity contribution < 1.29 is 14.3 Å². The van der Waals surface area contributed by atoms with E-state index in [9.17, 15) is 9.59 Å². The van der Waals surface area contributed by atoms with Crippen LogP contribution in [-0.4, -0.2) is 36.3 Å². The van der Waals surface area contributed by atoms with Gasteiger partial charge in [0.05, 0.1) is 5.02 Å². The van der Waals surface area contributed by atoms with Crippen LogP contribution in [0.4, 0.5) is 0 Å². The average molecular weight is 282 g/mol. The molecule has 0 aliphatic carbocycles. The minimum Gasteiger partial charge on any atom is -0.482 e. The number of rotatable bonds is 4. The van der Waals surface area contributed by atoms with E-state index in [1.807, 2.05) is 0 Å². The van der Waals surface area contributed by atoms with Gasteiger partial charge in [-0.25, -0.2) is 0 Å². The van der Waals surface area contributed by atoms with Crippen molar-refractivity contribution in [1.82, 2.24) is 4.90 Å². The Morgan fingerprint density at radius 1 is 1.32 bits per heavy atom. The Bertz CT molecular complexity index is 495. The molecule has 0 atom stereocenters. The molecule has 0 unspecified atom stereocenters. The van der Waals surface area contributed by atoms with Gasteiger partial charge in [0.15, 0.2) is 12.4 Å². The standard InChI is InChI=1S/C14H16ClNO3/c1-10(17)11-4-5-13(12(15)8-11)19-9-14(18)16-6-2-3-7-16/h4-5,8H,2-3,6-7,9H2,1H3. The molecule has 5 heteroatoms. The summed E-state index contributed by atoms with van der Waals surface area (Å²) in [5.41, 5.74) is 0.531. The van der Waals surface area contributed by atoms with Crippen LogP contribution in [0.15, 0.2) is 18.2 Å². The maximum Gasteiger partial charge on any atom is 0.260 e. The van der Waals surface area contributed by atoms with Crippen molar-refractivity contribution in [3.63, 3.8) is 0 Å². The summed E-state index contributed by atoms with van der Waals surface area (Å²) in [5, 5.41) is 0.349. The summed E-state index contributed by atoms with van der Waals surface area (Å²) in [4.78, 5) is 24.8. The lowest BCUT2D eigenvalue weighted by Gasteiger charge is -2.16. The molecule has 1 fully saturated rings. The summed E-state index contributed by atoms with van der Waals surface area (Å²) < 4.78 is 5.41. The zero-order chi connectivity index (χ0) is 13.8. The van der Waals surface area contributed by atoms with E-state index in [-0.39, 0.29) is 18.3 Å². The minimum atomic E-state index is -0.0541. The van der Waals surface area contributed by atoms with Crippen molar-refractivity contribution >= 4 is 23.3 Å². The third kappa shape index (κ3) is 3.47. The molecular formula is C14H16ClNO3. The zero-order valence-corrected chi connectivity index (χ0v) is 11.6. The first kappa shape index (κ1) is 13.9. The fourth-order valence-electron chi connectivity index (χ4n) is 2.03. The van der Waals surface area contributed by atoms with E-state index in [1.54, 1.807) is 23.1 Å². The molecule has 0 bridgehead atoms. The number of ketones is 1. The molecule has 1 aromatic carbocycles. The fourth-order valence-corrected chi connectivity index (χ4v) is 2.27. The number of benzene rings is 1. The average Bonchev–Trinajstić information content (AvgIpc) is 2.90. The second kappa shape index (κ2) is 6.06. The quantitative estimate of drug-likeness (QED) is 0.797. The zero-order valence-electron chi connectivity index (χ0n) is 10.8. The van der Waals surface area contributed by atoms with Gasteiger partial charge in [-0.2, -0.15) is 0 Å². The van der Waals surface area contributed by atoms with Gasteiger partial charge in [-0.05, 0) is 38.0 Å². The van der Waals surface area contributed by atoms with Crippen LogP contribution in [0.1, 0.15) is 30.1 Å². The smallest absolute Gasteiger partial charge is 0.260 e. The van der Waals surface area contributed by atoms with Crippen LogP contribution in [0.25, 0.3) is 0 Å². The van der Waals surface area contributed by atoms with Gasteiger partial charge in [0.25, 0.3) is 5.91 Å². The van der Waals surface area contributed by atoms with E-state index in [0.29, 0.717) is 16.3 Å². The third-order valence-electron chi connectivity index (χ3n) is 3.15. The molecule has 0 aromatic heterocycles. The number of nitrogens with zero attached hydrogens (tertiary/aromatic N) is 1. The Kier molecular flexibility index (Phi) is 4.43. The second-order valence-corrected chi connectivity index (χ2v) is 4.99. The van der Waals surface area contributed by atoms with Crippen LogP contribution in [0.5, 0.6) is 5.75 Å². The second-order valence-electron chi connectivity index (χ2n) is 4.58. The molecule has 0 N–H and O–H groups in total. The van der Waals surface area contributed by atoms with Crippen molar-refractivity contribution in [1.29, 1.82) is 0 Å². The van der Waals surface area contributed by atoms with Crippen LogP contribution in [0.2, 0.25) is 5.02 Å². The molecule has 1 aliphatic rings. The number of amides is 1. The number of carbonyl (C=O) groups is 2. The lowest BCUT2D eigenvalue weighted by atomic mass is 10.1. The number of hydrogen-bond acceptors (Lipinski definition) is 3. The predicted octanol–water partition coefficient (Wildman–Crippen LogP) is 2.54. The van der Waals surface area contributed by atoms with Gasteiger partial charge in [0.1, 0.15) is 5.75 Å². The molecule has 1 amide bonds. The highest BCUT2D eigenvalue weighted by Crippen LogP contribution is 2.25. The topological polar surface area (TPSA) is 46.6 Å². The monoisotopic (exact) mass is 281 g/mol. The summed E-state index contributed by atoms with van der Waals surface area (Å²) in [6.07, 6.45) is 2.11. The SMILES string of the molecule is CC(=O)c1ccc(OCC(=O)N2CCCC2)c(Cl)c1. The van der Waals surface area contributed by atoms with E-state index >= 15 is 0 Å². The lowest BCUT2D eigenvalue weighted by molar-refractivity contribution is -0.132. The van der Waals surface area contributed by atoms with E-state index in [4.69, 9.17) is 16.3 Å². The molecule has 4 nitrogen and oxygen atoms in total. The van der Waals surface area contributed by atoms with Crippen LogP contribution in [-0.2, 0) is 4.79 Å². The first-order valence-corrected chi connectivity index (χ1v) is 6.67. The summed E-state index contributed by atoms with van der Waals surface area (Å²) in [7, 11) is 0. The van der Waals surface area contributed by atoms with Crippen molar-refractivity contribution in [3.05, 3.63) is 28.8 Å². The highest BCUT2D eigenvalue weighted by Gasteiger charge is 2.18. The number of halogens is 1. The van der Waals surface area contributed by atoms with Gasteiger partial charge in [-0.15, -0.1) is 0 Å². The number of carbonyl (C=O) groups excluding carboxylic acids is 2. The van der Waals surface area contributed by atoms with Crippen LogP contribution in [0, 0.1) is 0 Å². The van der Waals surface area contributed by atoms with Gasteiger partial charge < -0.3 is 9.64 Å². The van der Waals surface area contributed by atoms with Crippen molar-refractivity contribution in [2.24, 2.45) is 0 Å². The van der Waals surface area contributed by atoms with E-state index in [1.165, 1.54) is 6.92 Å². The molecule has 19 heavy (non-hydrogen) atoms. The van der Waals surface area contributed by atoms with Crippen LogP contribution < -0.4 is 4.74 Å². The van der Waals surface area contributed by atoms with Crippen molar-refractivity contribution in [3.8, 4) is 5.75 Å². The van der Waals surface area contributed by atoms with E-state index in [2.05, 4.69) is 0 Å². The van der Waals surface area contributed by atoms with Crippen molar-refractivity contribution in [2.75, 3.05) is 19.7 Å². The van der Waals surface area contributed by atoms with E-state index in [0.717, 1.165) is 25.9 Å². The summed E-state index contributed by atoms with van der Waals surface area (Å²) in [5.74, 6) is 0.352. The van der Waals surface area contributed by atoms with Gasteiger partial charge in [-0.1, -0.05) is 11.6 Å². The molecule has 102 valence electrons. The molecular weight excluding hydrogens is 266 g/mol. The number of ether oxygens (including phenoxy) is 1. The predicted molar refractivity (Wildman–Crippen MR) is 72.8 cm³/mol. The van der Waals surface area contributed by atoms with Crippen molar-refractivity contribution in [2.45, 2.75) is 19.8 Å². The Labute approximate surface area is 117 Å². The van der Waals surface area contributed by atoms with Gasteiger partial charge in [-0.3, -0.25) is 9.59 Å². The molecule has 1 aliphatic heterocycles. The molecule has 0 saturated carbocycles. The summed E-state index contributed by atoms with van der Waals surface area (Å²) >= 11 is 6.01. The molecule has 1 heterocycles. The fraction of sp³-hybridized carbons (Fsp3) is 0.429. The first-order valence-electron chi connectivity index (χ1n) is 6.29. The summed E-state index contributed by atoms with van der Waals surface area (Å²) in [6.45, 7) is 3.07. The van der Waals surface area contributed by atoms with E-state index < -0.39 is 0 Å². The molecule has 0 spiro atoms. The largest absolute Gasteiger partial charge is 0.482 e. The third-order valence-corrected chi connectivity index (χ3v) is 3.44. The van der Waals surface area contributed by atoms with Gasteiger partial charge in [0.2, 0.25) is 0 Å². The highest BCUT2D eigenvalue weighted by molar-refractivity contribution is 6.32. The maximum atomic E-state index is 11.8. The van der Waals surface area contributed by atoms with Crippen LogP contribution in [0.3, 0.4) is 0 Å². The Morgan fingerprint density at radius 3 is 2.58 bits per heavy atom. The molecule has 1 aromatic rings. The van der Waals surface area contributed by atoms with Gasteiger partial charge >= 0.3 is 0 Å². The molecule has 1 saturated heterocycles. The lowest BCUT2D eigenvalue weighted by Crippen LogP contribution is -2.32. The Balaban J connectivity index is 1.95. The Hall–Kier alpha value is -1.55. The van der Waals surface area contributed by atoms with Gasteiger partial charge in [0, 0.05) is 18.7 Å². The minimum absolute atomic E-state index is 0.0147. The number of Topliss-reactive ketones (excluding diaryl/α,β-unsaturated/α-hetero) is 1. The highest BCUT2D eigenvalue weighted by atomic mass is 35.5. The molecule has 2 rings (SSSR count). The molecule has 0 radical (unpaired) electrons.